The molecule has 3 saturated heterocycles. The number of carbonyl (C=O) groups is 7. The van der Waals surface area contributed by atoms with Crippen molar-refractivity contribution in [2.24, 2.45) is 5.92 Å². The Morgan fingerprint density at radius 2 is 1.43 bits per heavy atom. The second kappa shape index (κ2) is 22.8. The number of hydrogen-bond donors (Lipinski definition) is 3. The highest BCUT2D eigenvalue weighted by Crippen LogP contribution is 2.33. The molecule has 372 valence electrons. The van der Waals surface area contributed by atoms with Gasteiger partial charge >= 0.3 is 0 Å². The van der Waals surface area contributed by atoms with Crippen molar-refractivity contribution in [2.45, 2.75) is 31.8 Å². The Balaban J connectivity index is 0.644. The summed E-state index contributed by atoms with van der Waals surface area (Å²) in [7, 11) is 1.35. The third kappa shape index (κ3) is 11.5. The number of halogens is 2. The average molecular weight is 971 g/mol. The van der Waals surface area contributed by atoms with Crippen LogP contribution in [0.3, 0.4) is 0 Å². The molecule has 21 heteroatoms. The van der Waals surface area contributed by atoms with Gasteiger partial charge in [0.05, 0.1) is 64.0 Å². The number of aromatic amines is 1. The van der Waals surface area contributed by atoms with Crippen LogP contribution in [0, 0.1) is 17.6 Å². The van der Waals surface area contributed by atoms with Gasteiger partial charge in [0, 0.05) is 94.2 Å². The Labute approximate surface area is 402 Å². The number of amides is 7. The molecule has 3 aromatic carbocycles. The van der Waals surface area contributed by atoms with E-state index in [4.69, 9.17) is 18.9 Å². The molecule has 3 N–H and O–H groups in total. The van der Waals surface area contributed by atoms with Crippen LogP contribution in [-0.4, -0.2) is 178 Å². The Morgan fingerprint density at radius 3 is 2.14 bits per heavy atom. The topological polar surface area (TPSA) is 212 Å². The van der Waals surface area contributed by atoms with E-state index in [1.54, 1.807) is 36.4 Å². The molecule has 19 nitrogen and oxygen atoms in total. The molecule has 70 heavy (non-hydrogen) atoms. The van der Waals surface area contributed by atoms with Gasteiger partial charge in [0.1, 0.15) is 29.3 Å². The summed E-state index contributed by atoms with van der Waals surface area (Å²) in [6.07, 6.45) is 0.464. The molecule has 0 bridgehead atoms. The number of H-pyrrole nitrogens is 1. The van der Waals surface area contributed by atoms with Crippen LogP contribution in [0.5, 0.6) is 0 Å². The van der Waals surface area contributed by atoms with E-state index in [9.17, 15) is 42.3 Å². The highest BCUT2D eigenvalue weighted by atomic mass is 19.1. The van der Waals surface area contributed by atoms with E-state index in [0.717, 1.165) is 45.4 Å². The summed E-state index contributed by atoms with van der Waals surface area (Å²) in [5, 5.41) is 6.52. The zero-order chi connectivity index (χ0) is 49.3. The predicted octanol–water partition coefficient (Wildman–Crippen LogP) is 2.80. The van der Waals surface area contributed by atoms with Crippen LogP contribution in [-0.2, 0) is 44.7 Å². The summed E-state index contributed by atoms with van der Waals surface area (Å²) >= 11 is 0. The number of rotatable bonds is 22. The number of benzene rings is 3. The summed E-state index contributed by atoms with van der Waals surface area (Å²) in [5.41, 5.74) is 2.92. The lowest BCUT2D eigenvalue weighted by molar-refractivity contribution is -0.149. The fraction of sp³-hybridized carbons (Fsp3) is 0.449. The van der Waals surface area contributed by atoms with Crippen LogP contribution in [0.4, 0.5) is 20.2 Å². The molecule has 2 unspecified atom stereocenters. The van der Waals surface area contributed by atoms with Gasteiger partial charge in [0.15, 0.2) is 0 Å². The van der Waals surface area contributed by atoms with E-state index < -0.39 is 47.2 Å². The fourth-order valence-corrected chi connectivity index (χ4v) is 9.04. The molecule has 4 aliphatic rings. The number of anilines is 2. The standard InChI is InChI=1S/C49H56F2N8O11/c1-55-42(60)8-7-41(48(55)65)59-46(63)36-3-2-4-39(43(36)49(59)66)52-10-17-67-19-21-69-23-24-70-22-20-68-18-16-56-12-14-57(15-13-56)47(64)40-28-32-27-35(5-6-38(32)54-40)58-11-9-37(45(58)62)44(61)53-30-31-25-33(50)29-34(51)26-31/h2-6,25-29,37,41,52,54H,7-24,30H2,1H3,(H,53,61). The molecule has 2 atom stereocenters. The van der Waals surface area contributed by atoms with E-state index in [0.29, 0.717) is 116 Å². The number of hydrogen-bond acceptors (Lipinski definition) is 13. The lowest BCUT2D eigenvalue weighted by atomic mass is 10.0. The average Bonchev–Trinajstić information content (AvgIpc) is 4.03. The van der Waals surface area contributed by atoms with Gasteiger partial charge in [-0.25, -0.2) is 8.78 Å². The minimum atomic E-state index is -1.02. The third-order valence-corrected chi connectivity index (χ3v) is 12.8. The SMILES string of the molecule is CN1C(=O)CCC(N2C(=O)c3cccc(NCCOCCOCCOCCOCCN4CCN(C(=O)c5cc6cc(N7CCC(C(=O)NCc8cc(F)cc(F)c8)C7=O)ccc6[nH]5)CC4)c3C2=O)C1=O. The van der Waals surface area contributed by atoms with E-state index in [1.807, 2.05) is 11.0 Å². The Bertz CT molecular complexity index is 2600. The molecule has 0 saturated carbocycles. The molecule has 7 amide bonds. The molecule has 1 aromatic heterocycles. The van der Waals surface area contributed by atoms with Crippen molar-refractivity contribution in [3.63, 3.8) is 0 Å². The zero-order valence-corrected chi connectivity index (χ0v) is 38.8. The Kier molecular flexibility index (Phi) is 16.2. The van der Waals surface area contributed by atoms with Crippen molar-refractivity contribution in [1.29, 1.82) is 0 Å². The molecule has 4 aliphatic heterocycles. The van der Waals surface area contributed by atoms with E-state index in [2.05, 4.69) is 20.5 Å². The number of likely N-dealkylation sites (N-methyl/N-ethyl adjacent to an activating group) is 1. The van der Waals surface area contributed by atoms with Crippen LogP contribution in [0.1, 0.15) is 56.0 Å². The number of nitrogens with zero attached hydrogens (tertiary/aromatic N) is 5. The minimum absolute atomic E-state index is 0.0742. The van der Waals surface area contributed by atoms with Gasteiger partial charge in [-0.1, -0.05) is 6.07 Å². The number of ether oxygens (including phenoxy) is 4. The van der Waals surface area contributed by atoms with Crippen molar-refractivity contribution in [1.82, 2.24) is 29.9 Å². The summed E-state index contributed by atoms with van der Waals surface area (Å²) in [5.74, 6) is -5.45. The maximum Gasteiger partial charge on any atom is 0.270 e. The van der Waals surface area contributed by atoms with Crippen molar-refractivity contribution in [3.05, 3.63) is 94.7 Å². The number of piperazine rings is 1. The van der Waals surface area contributed by atoms with Crippen LogP contribution in [0.2, 0.25) is 0 Å². The van der Waals surface area contributed by atoms with E-state index in [1.165, 1.54) is 11.9 Å². The van der Waals surface area contributed by atoms with Crippen LogP contribution in [0.25, 0.3) is 10.9 Å². The van der Waals surface area contributed by atoms with Crippen LogP contribution < -0.4 is 15.5 Å². The fourth-order valence-electron chi connectivity index (χ4n) is 9.04. The zero-order valence-electron chi connectivity index (χ0n) is 38.8. The lowest BCUT2D eigenvalue weighted by Gasteiger charge is -2.34. The molecular formula is C49H56F2N8O11. The highest BCUT2D eigenvalue weighted by Gasteiger charge is 2.47. The maximum atomic E-state index is 13.6. The predicted molar refractivity (Wildman–Crippen MR) is 249 cm³/mol. The van der Waals surface area contributed by atoms with Gasteiger partial charge in [-0.15, -0.1) is 0 Å². The highest BCUT2D eigenvalue weighted by molar-refractivity contribution is 6.25. The molecule has 5 heterocycles. The second-order valence-corrected chi connectivity index (χ2v) is 17.3. The number of piperidine rings is 1. The number of fused-ring (bicyclic) bond motifs is 2. The van der Waals surface area contributed by atoms with Crippen molar-refractivity contribution < 1.29 is 61.3 Å². The van der Waals surface area contributed by atoms with E-state index >= 15 is 0 Å². The van der Waals surface area contributed by atoms with E-state index in [-0.39, 0.29) is 53.8 Å². The Hall–Kier alpha value is -6.65. The van der Waals surface area contributed by atoms with Gasteiger partial charge in [-0.2, -0.15) is 0 Å². The second-order valence-electron chi connectivity index (χ2n) is 17.3. The molecule has 0 spiro atoms. The lowest BCUT2D eigenvalue weighted by Crippen LogP contribution is -2.54. The monoisotopic (exact) mass is 970 g/mol. The summed E-state index contributed by atoms with van der Waals surface area (Å²) in [4.78, 5) is 101. The first-order valence-corrected chi connectivity index (χ1v) is 23.4. The molecule has 8 rings (SSSR count). The molecule has 3 fully saturated rings. The number of nitrogens with one attached hydrogen (secondary N) is 3. The van der Waals surface area contributed by atoms with Gasteiger partial charge in [0.25, 0.3) is 23.6 Å². The largest absolute Gasteiger partial charge is 0.382 e. The van der Waals surface area contributed by atoms with Crippen molar-refractivity contribution in [3.8, 4) is 0 Å². The molecule has 0 radical (unpaired) electrons. The minimum Gasteiger partial charge on any atom is -0.382 e. The first-order valence-electron chi connectivity index (χ1n) is 23.4. The van der Waals surface area contributed by atoms with Gasteiger partial charge in [-0.05, 0) is 66.9 Å². The number of carbonyl (C=O) groups excluding carboxylic acids is 7. The normalized spacial score (nSPS) is 18.7. The summed E-state index contributed by atoms with van der Waals surface area (Å²) in [6, 6.07) is 14.1. The van der Waals surface area contributed by atoms with Gasteiger partial charge in [0.2, 0.25) is 17.7 Å². The Morgan fingerprint density at radius 1 is 0.743 bits per heavy atom. The summed E-state index contributed by atoms with van der Waals surface area (Å²) in [6.45, 7) is 6.97. The van der Waals surface area contributed by atoms with Crippen LogP contribution in [0.15, 0.2) is 60.7 Å². The first-order chi connectivity index (χ1) is 33.9. The smallest absolute Gasteiger partial charge is 0.270 e. The molecule has 0 aliphatic carbocycles. The number of imide groups is 2. The maximum absolute atomic E-state index is 13.6. The number of aromatic nitrogens is 1. The van der Waals surface area contributed by atoms with Crippen molar-refractivity contribution >= 4 is 63.6 Å². The number of likely N-dealkylation sites (tertiary alicyclic amines) is 1. The van der Waals surface area contributed by atoms with Gasteiger partial charge in [-0.3, -0.25) is 48.3 Å². The first kappa shape index (κ1) is 49.8. The van der Waals surface area contributed by atoms with Gasteiger partial charge < -0.3 is 44.4 Å². The molecular weight excluding hydrogens is 915 g/mol. The summed E-state index contributed by atoms with van der Waals surface area (Å²) < 4.78 is 49.7. The third-order valence-electron chi connectivity index (χ3n) is 12.8. The van der Waals surface area contributed by atoms with Crippen LogP contribution >= 0.6 is 0 Å². The van der Waals surface area contributed by atoms with Crippen molar-refractivity contribution in [2.75, 3.05) is 116 Å². The molecule has 4 aromatic rings. The quantitative estimate of drug-likeness (QED) is 0.0589.